The molecular formula is C14H15NO3. The lowest BCUT2D eigenvalue weighted by atomic mass is 10.1. The quantitative estimate of drug-likeness (QED) is 0.897. The van der Waals surface area contributed by atoms with Crippen LogP contribution < -0.4 is 4.74 Å². The lowest BCUT2D eigenvalue weighted by Gasteiger charge is -2.14. The molecule has 0 radical (unpaired) electrons. The molecule has 1 fully saturated rings. The Balaban J connectivity index is 2.01. The molecule has 1 saturated heterocycles. The van der Waals surface area contributed by atoms with Crippen LogP contribution in [0.1, 0.15) is 12.0 Å². The zero-order chi connectivity index (χ0) is 12.4. The van der Waals surface area contributed by atoms with E-state index in [1.807, 2.05) is 24.3 Å². The van der Waals surface area contributed by atoms with Crippen molar-refractivity contribution < 1.29 is 14.6 Å². The molecule has 18 heavy (non-hydrogen) atoms. The van der Waals surface area contributed by atoms with Crippen molar-refractivity contribution in [2.24, 2.45) is 0 Å². The topological polar surface area (TPSA) is 51.6 Å². The third-order valence-corrected chi connectivity index (χ3v) is 3.18. The van der Waals surface area contributed by atoms with Gasteiger partial charge in [-0.05, 0) is 11.5 Å². The number of pyridine rings is 1. The Labute approximate surface area is 105 Å². The predicted molar refractivity (Wildman–Crippen MR) is 67.5 cm³/mol. The van der Waals surface area contributed by atoms with E-state index in [1.54, 1.807) is 6.20 Å². The van der Waals surface area contributed by atoms with Crippen molar-refractivity contribution in [3.8, 4) is 5.88 Å². The summed E-state index contributed by atoms with van der Waals surface area (Å²) >= 11 is 0. The average molecular weight is 245 g/mol. The van der Waals surface area contributed by atoms with Gasteiger partial charge in [0.2, 0.25) is 5.88 Å². The first-order chi connectivity index (χ1) is 8.88. The molecule has 4 nitrogen and oxygen atoms in total. The van der Waals surface area contributed by atoms with Crippen LogP contribution in [0.25, 0.3) is 10.8 Å². The summed E-state index contributed by atoms with van der Waals surface area (Å²) in [5, 5.41) is 11.2. The fraction of sp³-hybridized carbons (Fsp3) is 0.357. The predicted octanol–water partition coefficient (Wildman–Crippen LogP) is 1.89. The van der Waals surface area contributed by atoms with Crippen molar-refractivity contribution in [1.29, 1.82) is 0 Å². The Kier molecular flexibility index (Phi) is 3.13. The van der Waals surface area contributed by atoms with Gasteiger partial charge in [0.1, 0.15) is 6.10 Å². The summed E-state index contributed by atoms with van der Waals surface area (Å²) in [6.07, 6.45) is 2.66. The Morgan fingerprint density at radius 2 is 2.17 bits per heavy atom. The number of aromatic nitrogens is 1. The fourth-order valence-corrected chi connectivity index (χ4v) is 2.21. The number of benzene rings is 1. The maximum atomic E-state index is 9.31. The lowest BCUT2D eigenvalue weighted by Crippen LogP contribution is -2.16. The summed E-state index contributed by atoms with van der Waals surface area (Å²) in [5.41, 5.74) is 0.820. The van der Waals surface area contributed by atoms with Gasteiger partial charge in [-0.2, -0.15) is 0 Å². The lowest BCUT2D eigenvalue weighted by molar-refractivity contribution is 0.139. The molecule has 3 rings (SSSR count). The summed E-state index contributed by atoms with van der Waals surface area (Å²) in [4.78, 5) is 4.30. The molecule has 1 unspecified atom stereocenters. The minimum atomic E-state index is -0.0136. The van der Waals surface area contributed by atoms with Crippen molar-refractivity contribution in [1.82, 2.24) is 4.98 Å². The summed E-state index contributed by atoms with van der Waals surface area (Å²) in [5.74, 6) is 0.623. The van der Waals surface area contributed by atoms with Crippen LogP contribution >= 0.6 is 0 Å². The van der Waals surface area contributed by atoms with Crippen molar-refractivity contribution in [3.05, 3.63) is 36.0 Å². The highest BCUT2D eigenvalue weighted by Gasteiger charge is 2.19. The Morgan fingerprint density at radius 3 is 2.89 bits per heavy atom. The van der Waals surface area contributed by atoms with Crippen molar-refractivity contribution in [3.63, 3.8) is 0 Å². The van der Waals surface area contributed by atoms with Crippen molar-refractivity contribution in [2.75, 3.05) is 13.2 Å². The molecule has 1 N–H and O–H groups in total. The van der Waals surface area contributed by atoms with E-state index in [1.165, 1.54) is 0 Å². The van der Waals surface area contributed by atoms with E-state index in [0.29, 0.717) is 12.5 Å². The fourth-order valence-electron chi connectivity index (χ4n) is 2.21. The van der Waals surface area contributed by atoms with Gasteiger partial charge in [-0.1, -0.05) is 18.2 Å². The maximum absolute atomic E-state index is 9.31. The normalized spacial score (nSPS) is 19.3. The van der Waals surface area contributed by atoms with E-state index in [-0.39, 0.29) is 12.7 Å². The van der Waals surface area contributed by atoms with Crippen LogP contribution in [0.3, 0.4) is 0 Å². The Bertz CT molecular complexity index is 550. The maximum Gasteiger partial charge on any atom is 0.221 e. The molecular weight excluding hydrogens is 230 g/mol. The number of hydrogen-bond acceptors (Lipinski definition) is 4. The number of fused-ring (bicyclic) bond motifs is 1. The largest absolute Gasteiger partial charge is 0.471 e. The van der Waals surface area contributed by atoms with Gasteiger partial charge < -0.3 is 14.6 Å². The highest BCUT2D eigenvalue weighted by Crippen LogP contribution is 2.27. The third-order valence-electron chi connectivity index (χ3n) is 3.18. The van der Waals surface area contributed by atoms with Crippen molar-refractivity contribution in [2.45, 2.75) is 19.1 Å². The molecule has 0 amide bonds. The highest BCUT2D eigenvalue weighted by molar-refractivity contribution is 5.89. The van der Waals surface area contributed by atoms with Gasteiger partial charge in [0.25, 0.3) is 0 Å². The van der Waals surface area contributed by atoms with Crippen LogP contribution in [0.2, 0.25) is 0 Å². The second-order valence-corrected chi connectivity index (χ2v) is 4.40. The van der Waals surface area contributed by atoms with Crippen LogP contribution in [0.4, 0.5) is 0 Å². The summed E-state index contributed by atoms with van der Waals surface area (Å²) in [6, 6.07) is 7.83. The SMILES string of the molecule is OCc1cnc(OC2CCOC2)c2ccccc12. The molecule has 1 aliphatic heterocycles. The van der Waals surface area contributed by atoms with Gasteiger partial charge in [0.05, 0.1) is 19.8 Å². The minimum Gasteiger partial charge on any atom is -0.471 e. The summed E-state index contributed by atoms with van der Waals surface area (Å²) < 4.78 is 11.2. The smallest absolute Gasteiger partial charge is 0.221 e. The molecule has 1 aliphatic rings. The first-order valence-corrected chi connectivity index (χ1v) is 6.10. The van der Waals surface area contributed by atoms with Crippen molar-refractivity contribution >= 4 is 10.8 Å². The van der Waals surface area contributed by atoms with E-state index in [9.17, 15) is 5.11 Å². The molecule has 2 heterocycles. The Morgan fingerprint density at radius 1 is 1.33 bits per heavy atom. The van der Waals surface area contributed by atoms with E-state index in [2.05, 4.69) is 4.98 Å². The van der Waals surface area contributed by atoms with Gasteiger partial charge in [0.15, 0.2) is 0 Å². The van der Waals surface area contributed by atoms with Gasteiger partial charge >= 0.3 is 0 Å². The number of rotatable bonds is 3. The first kappa shape index (κ1) is 11.4. The number of ether oxygens (including phenoxy) is 2. The summed E-state index contributed by atoms with van der Waals surface area (Å²) in [6.45, 7) is 1.36. The molecule has 0 saturated carbocycles. The van der Waals surface area contributed by atoms with Gasteiger partial charge in [-0.25, -0.2) is 4.98 Å². The average Bonchev–Trinajstić information content (AvgIpc) is 2.92. The number of aliphatic hydroxyl groups excluding tert-OH is 1. The summed E-state index contributed by atoms with van der Waals surface area (Å²) in [7, 11) is 0. The number of aliphatic hydroxyl groups is 1. The standard InChI is InChI=1S/C14H15NO3/c16-8-10-7-15-14(18-11-5-6-17-9-11)13-4-2-1-3-12(10)13/h1-4,7,11,16H,5-6,8-9H2. The van der Waals surface area contributed by atoms with Crippen LogP contribution in [0.5, 0.6) is 5.88 Å². The zero-order valence-electron chi connectivity index (χ0n) is 10.0. The molecule has 0 spiro atoms. The molecule has 1 aromatic heterocycles. The second kappa shape index (κ2) is 4.92. The number of hydrogen-bond donors (Lipinski definition) is 1. The molecule has 1 atom stereocenters. The van der Waals surface area contributed by atoms with Gasteiger partial charge in [-0.3, -0.25) is 0 Å². The van der Waals surface area contributed by atoms with Gasteiger partial charge in [-0.15, -0.1) is 0 Å². The van der Waals surface area contributed by atoms with E-state index < -0.39 is 0 Å². The zero-order valence-corrected chi connectivity index (χ0v) is 10.0. The minimum absolute atomic E-state index is 0.0136. The monoisotopic (exact) mass is 245 g/mol. The highest BCUT2D eigenvalue weighted by atomic mass is 16.5. The second-order valence-electron chi connectivity index (χ2n) is 4.40. The first-order valence-electron chi connectivity index (χ1n) is 6.10. The third kappa shape index (κ3) is 2.05. The molecule has 0 aliphatic carbocycles. The molecule has 4 heteroatoms. The molecule has 1 aromatic carbocycles. The molecule has 0 bridgehead atoms. The van der Waals surface area contributed by atoms with E-state index in [4.69, 9.17) is 9.47 Å². The van der Waals surface area contributed by atoms with Crippen LogP contribution in [0, 0.1) is 0 Å². The van der Waals surface area contributed by atoms with Crippen LogP contribution in [-0.2, 0) is 11.3 Å². The van der Waals surface area contributed by atoms with Crippen LogP contribution in [-0.4, -0.2) is 29.4 Å². The van der Waals surface area contributed by atoms with Crippen LogP contribution in [0.15, 0.2) is 30.5 Å². The van der Waals surface area contributed by atoms with E-state index >= 15 is 0 Å². The number of nitrogens with zero attached hydrogens (tertiary/aromatic N) is 1. The Hall–Kier alpha value is -1.65. The molecule has 2 aromatic rings. The van der Waals surface area contributed by atoms with Gasteiger partial charge in [0, 0.05) is 23.6 Å². The van der Waals surface area contributed by atoms with E-state index in [0.717, 1.165) is 29.4 Å². The molecule has 94 valence electrons.